The van der Waals surface area contributed by atoms with Gasteiger partial charge in [0.15, 0.2) is 23.2 Å². The molecule has 0 spiro atoms. The Labute approximate surface area is 291 Å². The quantitative estimate of drug-likeness (QED) is 0.157. The van der Waals surface area contributed by atoms with E-state index in [0.717, 1.165) is 38.5 Å². The van der Waals surface area contributed by atoms with E-state index in [-0.39, 0.29) is 76.5 Å². The van der Waals surface area contributed by atoms with Crippen LogP contribution in [0.1, 0.15) is 112 Å². The van der Waals surface area contributed by atoms with Crippen molar-refractivity contribution in [2.75, 3.05) is 11.9 Å². The van der Waals surface area contributed by atoms with Crippen LogP contribution in [-0.4, -0.2) is 41.2 Å². The van der Waals surface area contributed by atoms with E-state index in [1.807, 2.05) is 6.92 Å². The van der Waals surface area contributed by atoms with E-state index < -0.39 is 6.03 Å². The summed E-state index contributed by atoms with van der Waals surface area (Å²) in [5.41, 5.74) is 2.17. The van der Waals surface area contributed by atoms with Crippen molar-refractivity contribution < 1.29 is 28.7 Å². The molecule has 2 saturated carbocycles. The highest BCUT2D eigenvalue weighted by Crippen LogP contribution is 2.42. The first-order valence-corrected chi connectivity index (χ1v) is 18.1. The standard InChI is InChI=1S/C38H57N5O6/c1-11-12-13-39-38(47)43-35-33(49-37(46)31-23(6)16-20(3)17-24(31)7)26(9)29(42-35)18-28-25(8)32(34(41-28)40-27(10)44)48-36(45)30-21(4)14-19(2)15-22(30)5/h18-24,30-31,41H,11-17H2,1-10H3,(H,40,44)(H2,39,42,43,47). The van der Waals surface area contributed by atoms with Crippen LogP contribution in [0.25, 0.3) is 6.08 Å². The molecule has 2 aliphatic carbocycles. The summed E-state index contributed by atoms with van der Waals surface area (Å²) in [5.74, 6) is 1.12. The minimum Gasteiger partial charge on any atom is -0.422 e. The second-order valence-corrected chi connectivity index (χ2v) is 15.2. The van der Waals surface area contributed by atoms with Gasteiger partial charge in [0.25, 0.3) is 0 Å². The number of allylic oxidation sites excluding steroid dienone is 1. The van der Waals surface area contributed by atoms with E-state index in [4.69, 9.17) is 14.5 Å². The molecule has 1 aromatic rings. The van der Waals surface area contributed by atoms with Crippen molar-refractivity contribution >= 4 is 41.6 Å². The molecule has 1 aliphatic heterocycles. The van der Waals surface area contributed by atoms with Crippen LogP contribution in [0, 0.1) is 54.3 Å². The molecule has 1 aromatic heterocycles. The largest absolute Gasteiger partial charge is 0.422 e. The van der Waals surface area contributed by atoms with Crippen LogP contribution in [0.5, 0.6) is 5.75 Å². The number of aromatic amines is 1. The maximum Gasteiger partial charge on any atom is 0.320 e. The maximum atomic E-state index is 13.7. The van der Waals surface area contributed by atoms with Gasteiger partial charge in [-0.05, 0) is 87.5 Å². The Morgan fingerprint density at radius 3 is 1.88 bits per heavy atom. The van der Waals surface area contributed by atoms with E-state index in [0.29, 0.717) is 40.9 Å². The van der Waals surface area contributed by atoms with Crippen molar-refractivity contribution in [3.8, 4) is 5.75 Å². The maximum absolute atomic E-state index is 13.7. The van der Waals surface area contributed by atoms with Crippen molar-refractivity contribution in [3.63, 3.8) is 0 Å². The van der Waals surface area contributed by atoms with Gasteiger partial charge >= 0.3 is 18.0 Å². The Hall–Kier alpha value is -3.89. The van der Waals surface area contributed by atoms with Gasteiger partial charge < -0.3 is 25.1 Å². The van der Waals surface area contributed by atoms with E-state index in [1.54, 1.807) is 19.9 Å². The number of nitrogens with zero attached hydrogens (tertiary/aromatic N) is 1. The Balaban J connectivity index is 1.68. The molecule has 3 amide bonds. The fourth-order valence-corrected chi connectivity index (χ4v) is 8.40. The number of hydrogen-bond acceptors (Lipinski definition) is 7. The van der Waals surface area contributed by atoms with Crippen LogP contribution in [0.15, 0.2) is 22.0 Å². The highest BCUT2D eigenvalue weighted by molar-refractivity contribution is 6.10. The zero-order valence-electron chi connectivity index (χ0n) is 31.0. The van der Waals surface area contributed by atoms with Gasteiger partial charge in [0, 0.05) is 30.3 Å². The van der Waals surface area contributed by atoms with Crippen molar-refractivity contribution in [1.29, 1.82) is 0 Å². The number of amidine groups is 1. The summed E-state index contributed by atoms with van der Waals surface area (Å²) in [5, 5.41) is 8.39. The SMILES string of the molecule is CCCCNC(=O)NC1=NC(=Cc2[nH]c(NC(C)=O)c(OC(=O)C3C(C)CC(C)CC3C)c2C)C(C)=C1OC(=O)C1C(C)CC(C)CC1C. The predicted octanol–water partition coefficient (Wildman–Crippen LogP) is 7.49. The summed E-state index contributed by atoms with van der Waals surface area (Å²) in [6.45, 7) is 20.3. The number of H-pyrrole nitrogens is 1. The minimum atomic E-state index is -0.443. The molecule has 0 bridgehead atoms. The van der Waals surface area contributed by atoms with Crippen LogP contribution in [0.4, 0.5) is 10.6 Å². The number of aliphatic imine (C=N–C) groups is 1. The Bertz CT molecular complexity index is 1500. The molecule has 4 rings (SSSR count). The monoisotopic (exact) mass is 679 g/mol. The molecule has 49 heavy (non-hydrogen) atoms. The second-order valence-electron chi connectivity index (χ2n) is 15.2. The predicted molar refractivity (Wildman–Crippen MR) is 192 cm³/mol. The number of carbonyl (C=O) groups excluding carboxylic acids is 4. The molecule has 4 N–H and O–H groups in total. The third kappa shape index (κ3) is 9.02. The first-order valence-electron chi connectivity index (χ1n) is 18.1. The summed E-state index contributed by atoms with van der Waals surface area (Å²) in [7, 11) is 0. The number of anilines is 1. The van der Waals surface area contributed by atoms with Crippen molar-refractivity contribution in [2.45, 2.75) is 108 Å². The lowest BCUT2D eigenvalue weighted by atomic mass is 9.69. The molecular formula is C38H57N5O6. The molecule has 11 heteroatoms. The highest BCUT2D eigenvalue weighted by Gasteiger charge is 2.40. The van der Waals surface area contributed by atoms with Gasteiger partial charge in [0.2, 0.25) is 5.91 Å². The number of carbonyl (C=O) groups is 4. The molecule has 0 saturated heterocycles. The molecule has 3 aliphatic rings. The minimum absolute atomic E-state index is 0.142. The lowest BCUT2D eigenvalue weighted by Crippen LogP contribution is -2.41. The number of esters is 2. The molecule has 4 atom stereocenters. The van der Waals surface area contributed by atoms with Crippen molar-refractivity contribution in [3.05, 3.63) is 28.3 Å². The van der Waals surface area contributed by atoms with E-state index >= 15 is 0 Å². The summed E-state index contributed by atoms with van der Waals surface area (Å²) < 4.78 is 12.2. The van der Waals surface area contributed by atoms with Crippen LogP contribution in [0.3, 0.4) is 0 Å². The van der Waals surface area contributed by atoms with Crippen LogP contribution < -0.4 is 20.7 Å². The molecular weight excluding hydrogens is 622 g/mol. The van der Waals surface area contributed by atoms with Gasteiger partial charge in [-0.1, -0.05) is 54.9 Å². The lowest BCUT2D eigenvalue weighted by Gasteiger charge is -2.36. The Morgan fingerprint density at radius 2 is 1.37 bits per heavy atom. The number of unbranched alkanes of at least 4 members (excludes halogenated alkanes) is 1. The van der Waals surface area contributed by atoms with Gasteiger partial charge in [0.1, 0.15) is 0 Å². The average Bonchev–Trinajstić information content (AvgIpc) is 3.41. The third-order valence-electron chi connectivity index (χ3n) is 10.5. The van der Waals surface area contributed by atoms with E-state index in [1.165, 1.54) is 6.92 Å². The number of amides is 3. The summed E-state index contributed by atoms with van der Waals surface area (Å²) in [6, 6.07) is -0.443. The first-order chi connectivity index (χ1) is 23.1. The molecule has 0 radical (unpaired) electrons. The van der Waals surface area contributed by atoms with E-state index in [2.05, 4.69) is 62.5 Å². The number of aromatic nitrogens is 1. The number of hydrogen-bond donors (Lipinski definition) is 4. The summed E-state index contributed by atoms with van der Waals surface area (Å²) >= 11 is 0. The van der Waals surface area contributed by atoms with Gasteiger partial charge in [0.05, 0.1) is 17.5 Å². The van der Waals surface area contributed by atoms with Gasteiger partial charge in [-0.15, -0.1) is 0 Å². The number of urea groups is 1. The topological polar surface area (TPSA) is 151 Å². The summed E-state index contributed by atoms with van der Waals surface area (Å²) in [4.78, 5) is 60.2. The molecule has 2 heterocycles. The van der Waals surface area contributed by atoms with Crippen LogP contribution in [-0.2, 0) is 19.1 Å². The van der Waals surface area contributed by atoms with Crippen molar-refractivity contribution in [1.82, 2.24) is 15.6 Å². The average molecular weight is 680 g/mol. The Kier molecular flexibility index (Phi) is 12.5. The van der Waals surface area contributed by atoms with Gasteiger partial charge in [-0.2, -0.15) is 0 Å². The smallest absolute Gasteiger partial charge is 0.320 e. The zero-order chi connectivity index (χ0) is 36.2. The molecule has 270 valence electrons. The normalized spacial score (nSPS) is 29.3. The molecule has 0 aromatic carbocycles. The van der Waals surface area contributed by atoms with Crippen LogP contribution in [0.2, 0.25) is 0 Å². The second kappa shape index (κ2) is 16.2. The summed E-state index contributed by atoms with van der Waals surface area (Å²) in [6.07, 6.45) is 7.29. The first kappa shape index (κ1) is 37.9. The van der Waals surface area contributed by atoms with E-state index in [9.17, 15) is 19.2 Å². The molecule has 4 unspecified atom stereocenters. The van der Waals surface area contributed by atoms with Crippen LogP contribution >= 0.6 is 0 Å². The van der Waals surface area contributed by atoms with Gasteiger partial charge in [-0.25, -0.2) is 9.79 Å². The number of ether oxygens (including phenoxy) is 2. The Morgan fingerprint density at radius 1 is 0.837 bits per heavy atom. The van der Waals surface area contributed by atoms with Gasteiger partial charge in [-0.3, -0.25) is 19.7 Å². The molecule has 11 nitrogen and oxygen atoms in total. The molecule has 2 fully saturated rings. The number of nitrogens with one attached hydrogen (secondary N) is 4. The zero-order valence-corrected chi connectivity index (χ0v) is 31.0. The fraction of sp³-hybridized carbons (Fsp3) is 0.658. The van der Waals surface area contributed by atoms with Crippen molar-refractivity contribution in [2.24, 2.45) is 52.3 Å². The third-order valence-corrected chi connectivity index (χ3v) is 10.5. The lowest BCUT2D eigenvalue weighted by molar-refractivity contribution is -0.149. The highest BCUT2D eigenvalue weighted by atomic mass is 16.5. The number of rotatable bonds is 9. The fourth-order valence-electron chi connectivity index (χ4n) is 8.40.